The number of ether oxygens (including phenoxy) is 1. The Hall–Kier alpha value is -1.52. The van der Waals surface area contributed by atoms with Gasteiger partial charge in [0.1, 0.15) is 5.75 Å². The van der Waals surface area contributed by atoms with Gasteiger partial charge in [0.25, 0.3) is 0 Å². The van der Waals surface area contributed by atoms with Crippen molar-refractivity contribution < 1.29 is 4.74 Å². The molecule has 0 spiro atoms. The lowest BCUT2D eigenvalue weighted by molar-refractivity contribution is 0.414. The summed E-state index contributed by atoms with van der Waals surface area (Å²) in [5.41, 5.74) is 1.76. The molecule has 0 fully saturated rings. The molecule has 0 saturated carbocycles. The minimum atomic E-state index is 0.299. The third-order valence-corrected chi connectivity index (χ3v) is 2.82. The largest absolute Gasteiger partial charge is 0.497 e. The number of nitrogens with one attached hydrogen (secondary N) is 1. The highest BCUT2D eigenvalue weighted by atomic mass is 35.5. The number of benzene rings is 1. The zero-order valence-corrected chi connectivity index (χ0v) is 11.2. The van der Waals surface area contributed by atoms with Crippen LogP contribution in [-0.4, -0.2) is 17.3 Å². The van der Waals surface area contributed by atoms with E-state index in [1.165, 1.54) is 0 Å². The van der Waals surface area contributed by atoms with Crippen molar-refractivity contribution in [1.29, 1.82) is 0 Å². The van der Waals surface area contributed by atoms with Crippen LogP contribution in [0.4, 0.5) is 5.69 Å². The Bertz CT molecular complexity index is 531. The summed E-state index contributed by atoms with van der Waals surface area (Å²) < 4.78 is 5.09. The number of hydrogen-bond acceptors (Lipinski definition) is 4. The Kier molecular flexibility index (Phi) is 4.23. The molecule has 6 heteroatoms. The van der Waals surface area contributed by atoms with Gasteiger partial charge in [-0.15, -0.1) is 10.2 Å². The first-order valence-electron chi connectivity index (χ1n) is 5.24. The van der Waals surface area contributed by atoms with E-state index in [9.17, 15) is 0 Å². The van der Waals surface area contributed by atoms with Crippen LogP contribution in [-0.2, 0) is 6.54 Å². The summed E-state index contributed by atoms with van der Waals surface area (Å²) in [6, 6.07) is 9.37. The van der Waals surface area contributed by atoms with E-state index in [1.54, 1.807) is 13.2 Å². The van der Waals surface area contributed by atoms with Crippen LogP contribution in [0.2, 0.25) is 10.3 Å². The number of aromatic nitrogens is 2. The number of rotatable bonds is 4. The first kappa shape index (κ1) is 12.9. The normalized spacial score (nSPS) is 10.2. The van der Waals surface area contributed by atoms with E-state index in [-0.39, 0.29) is 0 Å². The molecule has 0 bridgehead atoms. The fourth-order valence-electron chi connectivity index (χ4n) is 1.42. The van der Waals surface area contributed by atoms with Crippen molar-refractivity contribution in [3.05, 3.63) is 46.2 Å². The summed E-state index contributed by atoms with van der Waals surface area (Å²) in [7, 11) is 1.64. The van der Waals surface area contributed by atoms with Gasteiger partial charge in [0, 0.05) is 12.6 Å². The van der Waals surface area contributed by atoms with E-state index >= 15 is 0 Å². The highest BCUT2D eigenvalue weighted by Crippen LogP contribution is 2.21. The van der Waals surface area contributed by atoms with Crippen molar-refractivity contribution in [3.63, 3.8) is 0 Å². The molecular weight excluding hydrogens is 273 g/mol. The molecule has 4 nitrogen and oxygen atoms in total. The third kappa shape index (κ3) is 3.24. The molecule has 1 heterocycles. The van der Waals surface area contributed by atoms with Crippen molar-refractivity contribution in [2.75, 3.05) is 12.4 Å². The number of hydrogen-bond donors (Lipinski definition) is 1. The second-order valence-electron chi connectivity index (χ2n) is 3.57. The van der Waals surface area contributed by atoms with E-state index < -0.39 is 0 Å². The maximum atomic E-state index is 5.90. The smallest absolute Gasteiger partial charge is 0.174 e. The van der Waals surface area contributed by atoms with Gasteiger partial charge < -0.3 is 10.1 Å². The van der Waals surface area contributed by atoms with E-state index in [2.05, 4.69) is 15.5 Å². The van der Waals surface area contributed by atoms with Gasteiger partial charge in [0.15, 0.2) is 10.3 Å². The van der Waals surface area contributed by atoms with Gasteiger partial charge in [0.05, 0.1) is 12.8 Å². The highest BCUT2D eigenvalue weighted by molar-refractivity contribution is 6.33. The van der Waals surface area contributed by atoms with E-state index in [0.29, 0.717) is 22.5 Å². The molecule has 0 amide bonds. The van der Waals surface area contributed by atoms with Crippen molar-refractivity contribution in [3.8, 4) is 5.75 Å². The SMILES string of the molecule is COc1ccc(CNc2cc(Cl)nnc2Cl)cc1. The molecule has 2 aromatic rings. The van der Waals surface area contributed by atoms with Gasteiger partial charge in [0.2, 0.25) is 0 Å². The Morgan fingerprint density at radius 2 is 1.89 bits per heavy atom. The van der Waals surface area contributed by atoms with Gasteiger partial charge in [-0.2, -0.15) is 0 Å². The Morgan fingerprint density at radius 1 is 1.17 bits per heavy atom. The quantitative estimate of drug-likeness (QED) is 0.934. The van der Waals surface area contributed by atoms with Gasteiger partial charge in [-0.3, -0.25) is 0 Å². The molecule has 1 aromatic heterocycles. The maximum absolute atomic E-state index is 5.90. The van der Waals surface area contributed by atoms with Crippen molar-refractivity contribution in [1.82, 2.24) is 10.2 Å². The maximum Gasteiger partial charge on any atom is 0.174 e. The predicted molar refractivity (Wildman–Crippen MR) is 72.4 cm³/mol. The molecule has 2 rings (SSSR count). The van der Waals surface area contributed by atoms with E-state index in [4.69, 9.17) is 27.9 Å². The summed E-state index contributed by atoms with van der Waals surface area (Å²) in [4.78, 5) is 0. The number of halogens is 2. The lowest BCUT2D eigenvalue weighted by atomic mass is 10.2. The molecule has 0 unspecified atom stereocenters. The highest BCUT2D eigenvalue weighted by Gasteiger charge is 2.03. The summed E-state index contributed by atoms with van der Waals surface area (Å²) in [5, 5.41) is 11.1. The van der Waals surface area contributed by atoms with Crippen LogP contribution < -0.4 is 10.1 Å². The summed E-state index contributed by atoms with van der Waals surface area (Å²) in [6.07, 6.45) is 0. The zero-order valence-electron chi connectivity index (χ0n) is 9.65. The van der Waals surface area contributed by atoms with Crippen molar-refractivity contribution >= 4 is 28.9 Å². The molecule has 94 valence electrons. The number of nitrogens with zero attached hydrogens (tertiary/aromatic N) is 2. The second kappa shape index (κ2) is 5.89. The van der Waals surface area contributed by atoms with Crippen LogP contribution >= 0.6 is 23.2 Å². The molecule has 0 aliphatic rings. The average molecular weight is 284 g/mol. The molecule has 1 aromatic carbocycles. The first-order chi connectivity index (χ1) is 8.69. The van der Waals surface area contributed by atoms with Crippen LogP contribution in [0.5, 0.6) is 5.75 Å². The van der Waals surface area contributed by atoms with E-state index in [0.717, 1.165) is 11.3 Å². The first-order valence-corrected chi connectivity index (χ1v) is 6.00. The van der Waals surface area contributed by atoms with Crippen molar-refractivity contribution in [2.24, 2.45) is 0 Å². The summed E-state index contributed by atoms with van der Waals surface area (Å²) >= 11 is 11.6. The molecule has 0 aliphatic heterocycles. The van der Waals surface area contributed by atoms with Crippen LogP contribution in [0.3, 0.4) is 0 Å². The van der Waals surface area contributed by atoms with Gasteiger partial charge in [-0.05, 0) is 17.7 Å². The summed E-state index contributed by atoms with van der Waals surface area (Å²) in [6.45, 7) is 0.617. The Labute approximate surface area is 115 Å². The number of methoxy groups -OCH3 is 1. The standard InChI is InChI=1S/C12H11Cl2N3O/c1-18-9-4-2-8(3-5-9)7-15-10-6-11(13)16-17-12(10)14/h2-6H,7H2,1H3,(H,15,16). The molecule has 1 N–H and O–H groups in total. The lowest BCUT2D eigenvalue weighted by Crippen LogP contribution is -2.01. The topological polar surface area (TPSA) is 47.0 Å². The monoisotopic (exact) mass is 283 g/mol. The molecule has 18 heavy (non-hydrogen) atoms. The minimum absolute atomic E-state index is 0.299. The van der Waals surface area contributed by atoms with Crippen LogP contribution in [0.25, 0.3) is 0 Å². The van der Waals surface area contributed by atoms with Crippen LogP contribution in [0.1, 0.15) is 5.56 Å². The minimum Gasteiger partial charge on any atom is -0.497 e. The van der Waals surface area contributed by atoms with Gasteiger partial charge in [-0.1, -0.05) is 35.3 Å². The average Bonchev–Trinajstić information content (AvgIpc) is 2.40. The zero-order chi connectivity index (χ0) is 13.0. The second-order valence-corrected chi connectivity index (χ2v) is 4.32. The fraction of sp³-hybridized carbons (Fsp3) is 0.167. The Morgan fingerprint density at radius 3 is 2.56 bits per heavy atom. The molecule has 0 atom stereocenters. The van der Waals surface area contributed by atoms with E-state index in [1.807, 2.05) is 24.3 Å². The fourth-order valence-corrected chi connectivity index (χ4v) is 1.72. The lowest BCUT2D eigenvalue weighted by Gasteiger charge is -2.08. The van der Waals surface area contributed by atoms with Gasteiger partial charge in [-0.25, -0.2) is 0 Å². The molecular formula is C12H11Cl2N3O. The van der Waals surface area contributed by atoms with Crippen LogP contribution in [0, 0.1) is 0 Å². The van der Waals surface area contributed by atoms with Crippen molar-refractivity contribution in [2.45, 2.75) is 6.54 Å². The molecule has 0 radical (unpaired) electrons. The number of anilines is 1. The molecule has 0 saturated heterocycles. The van der Waals surface area contributed by atoms with Gasteiger partial charge >= 0.3 is 0 Å². The van der Waals surface area contributed by atoms with Crippen LogP contribution in [0.15, 0.2) is 30.3 Å². The molecule has 0 aliphatic carbocycles. The summed E-state index contributed by atoms with van der Waals surface area (Å²) in [5.74, 6) is 0.824. The third-order valence-electron chi connectivity index (χ3n) is 2.36. The Balaban J connectivity index is 2.04. The predicted octanol–water partition coefficient (Wildman–Crippen LogP) is 3.40.